The van der Waals surface area contributed by atoms with Crippen molar-refractivity contribution in [1.82, 2.24) is 25.2 Å². The first-order valence-corrected chi connectivity index (χ1v) is 13.0. The molecule has 4 aromatic rings. The molecule has 3 N–H and O–H groups in total. The molecular weight excluding hydrogens is 464 g/mol. The zero-order valence-electron chi connectivity index (χ0n) is 21.2. The highest BCUT2D eigenvalue weighted by atomic mass is 16.5. The molecule has 0 saturated carbocycles. The average Bonchev–Trinajstić information content (AvgIpc) is 3.35. The lowest BCUT2D eigenvalue weighted by Gasteiger charge is -2.31. The van der Waals surface area contributed by atoms with E-state index in [0.717, 1.165) is 60.6 Å². The van der Waals surface area contributed by atoms with Crippen molar-refractivity contribution >= 4 is 22.8 Å². The molecule has 5 rings (SSSR count). The number of carbonyl (C=O) groups is 1. The molecule has 37 heavy (non-hydrogen) atoms. The van der Waals surface area contributed by atoms with Gasteiger partial charge >= 0.3 is 0 Å². The number of anilines is 1. The molecule has 1 aliphatic rings. The van der Waals surface area contributed by atoms with Gasteiger partial charge in [-0.3, -0.25) is 9.69 Å². The Morgan fingerprint density at radius 3 is 2.49 bits per heavy atom. The van der Waals surface area contributed by atoms with Gasteiger partial charge in [-0.25, -0.2) is 9.97 Å². The summed E-state index contributed by atoms with van der Waals surface area (Å²) in [4.78, 5) is 26.7. The van der Waals surface area contributed by atoms with Gasteiger partial charge in [-0.05, 0) is 24.5 Å². The minimum Gasteiger partial charge on any atom is -0.372 e. The van der Waals surface area contributed by atoms with Gasteiger partial charge in [0.1, 0.15) is 11.5 Å². The highest BCUT2D eigenvalue weighted by Crippen LogP contribution is 2.26. The lowest BCUT2D eigenvalue weighted by Crippen LogP contribution is -2.36. The third-order valence-electron chi connectivity index (χ3n) is 6.62. The third kappa shape index (κ3) is 6.72. The molecule has 1 saturated heterocycles. The maximum absolute atomic E-state index is 11.2. The van der Waals surface area contributed by atoms with Crippen LogP contribution in [0.4, 0.5) is 5.82 Å². The molecule has 8 heteroatoms. The summed E-state index contributed by atoms with van der Waals surface area (Å²) in [6.45, 7) is 6.19. The van der Waals surface area contributed by atoms with Crippen LogP contribution in [0.25, 0.3) is 22.4 Å². The number of rotatable bonds is 10. The fraction of sp³-hybridized carbons (Fsp3) is 0.345. The van der Waals surface area contributed by atoms with Crippen molar-refractivity contribution in [3.05, 3.63) is 78.0 Å². The monoisotopic (exact) mass is 498 g/mol. The number of carbonyl (C=O) groups excluding carboxylic acids is 1. The van der Waals surface area contributed by atoms with Gasteiger partial charge in [0.15, 0.2) is 5.82 Å². The Labute approximate surface area is 217 Å². The minimum absolute atomic E-state index is 0.0495. The SMILES string of the molecule is CC(=O)NCCNc1nc(-c2ccccc2)nc2[nH]c(COC3CCN(Cc4ccccc4)CC3)cc12. The summed E-state index contributed by atoms with van der Waals surface area (Å²) in [6.07, 6.45) is 2.31. The number of fused-ring (bicyclic) bond motifs is 1. The fourth-order valence-corrected chi connectivity index (χ4v) is 4.70. The van der Waals surface area contributed by atoms with Gasteiger partial charge in [0.2, 0.25) is 5.91 Å². The summed E-state index contributed by atoms with van der Waals surface area (Å²) >= 11 is 0. The van der Waals surface area contributed by atoms with Gasteiger partial charge in [-0.2, -0.15) is 0 Å². The van der Waals surface area contributed by atoms with Gasteiger partial charge in [0, 0.05) is 50.9 Å². The van der Waals surface area contributed by atoms with E-state index in [-0.39, 0.29) is 12.0 Å². The van der Waals surface area contributed by atoms with Gasteiger partial charge in [-0.1, -0.05) is 60.7 Å². The number of aromatic nitrogens is 3. The smallest absolute Gasteiger partial charge is 0.216 e. The van der Waals surface area contributed by atoms with Crippen LogP contribution in [0.3, 0.4) is 0 Å². The minimum atomic E-state index is -0.0495. The topological polar surface area (TPSA) is 95.2 Å². The van der Waals surface area contributed by atoms with E-state index < -0.39 is 0 Å². The highest BCUT2D eigenvalue weighted by molar-refractivity contribution is 5.89. The summed E-state index contributed by atoms with van der Waals surface area (Å²) in [7, 11) is 0. The zero-order chi connectivity index (χ0) is 25.5. The summed E-state index contributed by atoms with van der Waals surface area (Å²) in [5.41, 5.74) is 4.06. The summed E-state index contributed by atoms with van der Waals surface area (Å²) in [5.74, 6) is 1.34. The molecule has 1 fully saturated rings. The molecule has 0 atom stereocenters. The number of piperidine rings is 1. The number of H-pyrrole nitrogens is 1. The number of hydrogen-bond donors (Lipinski definition) is 3. The van der Waals surface area contributed by atoms with Crippen LogP contribution in [0.15, 0.2) is 66.7 Å². The Bertz CT molecular complexity index is 1300. The Kier molecular flexibility index (Phi) is 8.08. The van der Waals surface area contributed by atoms with Crippen molar-refractivity contribution in [1.29, 1.82) is 0 Å². The van der Waals surface area contributed by atoms with Crippen LogP contribution in [-0.4, -0.2) is 58.0 Å². The Balaban J connectivity index is 1.23. The maximum Gasteiger partial charge on any atom is 0.216 e. The van der Waals surface area contributed by atoms with Crippen molar-refractivity contribution in [3.8, 4) is 11.4 Å². The molecule has 8 nitrogen and oxygen atoms in total. The molecular formula is C29H34N6O2. The van der Waals surface area contributed by atoms with Crippen LogP contribution in [0.1, 0.15) is 31.0 Å². The number of ether oxygens (including phenoxy) is 1. The van der Waals surface area contributed by atoms with E-state index in [4.69, 9.17) is 14.7 Å². The maximum atomic E-state index is 11.2. The van der Waals surface area contributed by atoms with Gasteiger partial charge < -0.3 is 20.4 Å². The summed E-state index contributed by atoms with van der Waals surface area (Å²) in [5, 5.41) is 7.09. The lowest BCUT2D eigenvalue weighted by atomic mass is 10.1. The number of nitrogens with zero attached hydrogens (tertiary/aromatic N) is 3. The van der Waals surface area contributed by atoms with E-state index in [9.17, 15) is 4.79 Å². The second kappa shape index (κ2) is 12.0. The Morgan fingerprint density at radius 2 is 1.76 bits per heavy atom. The molecule has 2 aromatic carbocycles. The lowest BCUT2D eigenvalue weighted by molar-refractivity contribution is -0.118. The quantitative estimate of drug-likeness (QED) is 0.281. The molecule has 0 bridgehead atoms. The number of aromatic amines is 1. The standard InChI is InChI=1S/C29H34N6O2/c1-21(36)30-14-15-31-28-26-18-24(32-29(26)34-27(33-28)23-10-6-3-7-11-23)20-37-25-12-16-35(17-13-25)19-22-8-4-2-5-9-22/h2-11,18,25H,12-17,19-20H2,1H3,(H,30,36)(H2,31,32,33,34). The van der Waals surface area contributed by atoms with Crippen LogP contribution in [0.5, 0.6) is 0 Å². The second-order valence-electron chi connectivity index (χ2n) is 9.50. The van der Waals surface area contributed by atoms with Gasteiger partial charge in [0.05, 0.1) is 18.1 Å². The highest BCUT2D eigenvalue weighted by Gasteiger charge is 2.20. The first-order valence-electron chi connectivity index (χ1n) is 13.0. The third-order valence-corrected chi connectivity index (χ3v) is 6.62. The van der Waals surface area contributed by atoms with Crippen molar-refractivity contribution in [2.45, 2.75) is 39.0 Å². The molecule has 2 aromatic heterocycles. The summed E-state index contributed by atoms with van der Waals surface area (Å²) in [6, 6.07) is 22.6. The molecule has 192 valence electrons. The van der Waals surface area contributed by atoms with Crippen molar-refractivity contribution < 1.29 is 9.53 Å². The Hall–Kier alpha value is -3.75. The average molecular weight is 499 g/mol. The number of nitrogens with one attached hydrogen (secondary N) is 3. The van der Waals surface area contributed by atoms with E-state index in [1.54, 1.807) is 0 Å². The number of benzene rings is 2. The molecule has 3 heterocycles. The predicted octanol–water partition coefficient (Wildman–Crippen LogP) is 4.35. The summed E-state index contributed by atoms with van der Waals surface area (Å²) < 4.78 is 6.30. The molecule has 0 unspecified atom stereocenters. The van der Waals surface area contributed by atoms with E-state index in [2.05, 4.69) is 56.9 Å². The van der Waals surface area contributed by atoms with Crippen LogP contribution < -0.4 is 10.6 Å². The number of hydrogen-bond acceptors (Lipinski definition) is 6. The predicted molar refractivity (Wildman–Crippen MR) is 146 cm³/mol. The van der Waals surface area contributed by atoms with Crippen molar-refractivity contribution in [2.24, 2.45) is 0 Å². The Morgan fingerprint density at radius 1 is 1.03 bits per heavy atom. The first-order chi connectivity index (χ1) is 18.1. The van der Waals surface area contributed by atoms with Crippen LogP contribution in [-0.2, 0) is 22.7 Å². The number of likely N-dealkylation sites (tertiary alicyclic amines) is 1. The molecule has 1 amide bonds. The zero-order valence-corrected chi connectivity index (χ0v) is 21.2. The van der Waals surface area contributed by atoms with Crippen LogP contribution in [0.2, 0.25) is 0 Å². The largest absolute Gasteiger partial charge is 0.372 e. The molecule has 0 aliphatic carbocycles. The molecule has 0 spiro atoms. The van der Waals surface area contributed by atoms with Crippen LogP contribution >= 0.6 is 0 Å². The van der Waals surface area contributed by atoms with Crippen molar-refractivity contribution in [2.75, 3.05) is 31.5 Å². The molecule has 1 aliphatic heterocycles. The van der Waals surface area contributed by atoms with E-state index in [0.29, 0.717) is 25.5 Å². The van der Waals surface area contributed by atoms with E-state index in [1.165, 1.54) is 12.5 Å². The fourth-order valence-electron chi connectivity index (χ4n) is 4.70. The van der Waals surface area contributed by atoms with Gasteiger partial charge in [0.25, 0.3) is 0 Å². The van der Waals surface area contributed by atoms with Gasteiger partial charge in [-0.15, -0.1) is 0 Å². The second-order valence-corrected chi connectivity index (χ2v) is 9.50. The van der Waals surface area contributed by atoms with E-state index >= 15 is 0 Å². The van der Waals surface area contributed by atoms with Crippen molar-refractivity contribution in [3.63, 3.8) is 0 Å². The van der Waals surface area contributed by atoms with Crippen LogP contribution in [0, 0.1) is 0 Å². The van der Waals surface area contributed by atoms with E-state index in [1.807, 2.05) is 30.3 Å². The first kappa shape index (κ1) is 24.9. The normalized spacial score (nSPS) is 14.6. The molecule has 0 radical (unpaired) electrons. The number of amides is 1.